The van der Waals surface area contributed by atoms with Gasteiger partial charge >= 0.3 is 0 Å². The Hall–Kier alpha value is -0.900. The van der Waals surface area contributed by atoms with Crippen LogP contribution in [0.2, 0.25) is 0 Å². The molecule has 1 aromatic heterocycles. The highest BCUT2D eigenvalue weighted by Gasteiger charge is 2.31. The largest absolute Gasteiger partial charge is 0.317 e. The predicted molar refractivity (Wildman–Crippen MR) is 66.9 cm³/mol. The van der Waals surface area contributed by atoms with Crippen LogP contribution in [0.4, 0.5) is 4.39 Å². The zero-order valence-corrected chi connectivity index (χ0v) is 10.7. The Morgan fingerprint density at radius 2 is 2.29 bits per heavy atom. The second-order valence-corrected chi connectivity index (χ2v) is 5.31. The van der Waals surface area contributed by atoms with Gasteiger partial charge in [0.05, 0.1) is 5.69 Å². The third-order valence-electron chi connectivity index (χ3n) is 3.42. The van der Waals surface area contributed by atoms with Crippen molar-refractivity contribution in [1.82, 2.24) is 15.1 Å². The molecule has 1 atom stereocenters. The molecular formula is C13H22FN3. The quantitative estimate of drug-likeness (QED) is 0.878. The second-order valence-electron chi connectivity index (χ2n) is 5.31. The summed E-state index contributed by atoms with van der Waals surface area (Å²) < 4.78 is 16.5. The van der Waals surface area contributed by atoms with Crippen molar-refractivity contribution in [2.24, 2.45) is 0 Å². The highest BCUT2D eigenvalue weighted by atomic mass is 19.1. The Morgan fingerprint density at radius 1 is 1.47 bits per heavy atom. The van der Waals surface area contributed by atoms with E-state index in [1.165, 1.54) is 0 Å². The number of rotatable bonds is 3. The van der Waals surface area contributed by atoms with E-state index in [4.69, 9.17) is 0 Å². The van der Waals surface area contributed by atoms with Crippen LogP contribution >= 0.6 is 0 Å². The molecule has 1 unspecified atom stereocenters. The maximum atomic E-state index is 14.6. The van der Waals surface area contributed by atoms with Gasteiger partial charge in [-0.1, -0.05) is 0 Å². The van der Waals surface area contributed by atoms with Crippen LogP contribution in [0.5, 0.6) is 0 Å². The van der Waals surface area contributed by atoms with Crippen LogP contribution in [0, 0.1) is 0 Å². The highest BCUT2D eigenvalue weighted by molar-refractivity contribution is 5.05. The molecule has 0 spiro atoms. The van der Waals surface area contributed by atoms with Crippen molar-refractivity contribution in [3.05, 3.63) is 18.0 Å². The summed E-state index contributed by atoms with van der Waals surface area (Å²) in [6, 6.07) is 2.29. The standard InChI is InChI=1S/C13H22FN3/c1-11(2)17-9-4-12(16-17)10-13(14)5-3-7-15-8-6-13/h4,9,11,15H,3,5-8,10H2,1-2H3. The molecule has 0 amide bonds. The van der Waals surface area contributed by atoms with E-state index in [1.54, 1.807) is 0 Å². The first kappa shape index (κ1) is 12.6. The highest BCUT2D eigenvalue weighted by Crippen LogP contribution is 2.28. The number of nitrogens with one attached hydrogen (secondary N) is 1. The fourth-order valence-electron chi connectivity index (χ4n) is 2.35. The fourth-order valence-corrected chi connectivity index (χ4v) is 2.35. The van der Waals surface area contributed by atoms with Crippen molar-refractivity contribution in [2.75, 3.05) is 13.1 Å². The van der Waals surface area contributed by atoms with E-state index in [0.717, 1.165) is 25.2 Å². The zero-order valence-electron chi connectivity index (χ0n) is 10.7. The Morgan fingerprint density at radius 3 is 3.00 bits per heavy atom. The predicted octanol–water partition coefficient (Wildman–Crippen LogP) is 2.49. The number of halogens is 1. The Bertz CT molecular complexity index is 351. The molecule has 0 aliphatic carbocycles. The summed E-state index contributed by atoms with van der Waals surface area (Å²) in [5, 5.41) is 7.68. The maximum Gasteiger partial charge on any atom is 0.117 e. The molecule has 1 fully saturated rings. The molecule has 0 bridgehead atoms. The van der Waals surface area contributed by atoms with Crippen molar-refractivity contribution in [3.63, 3.8) is 0 Å². The van der Waals surface area contributed by atoms with Gasteiger partial charge in [0.1, 0.15) is 5.67 Å². The van der Waals surface area contributed by atoms with E-state index in [1.807, 2.05) is 16.9 Å². The minimum absolute atomic E-state index is 0.343. The normalized spacial score (nSPS) is 26.1. The van der Waals surface area contributed by atoms with Gasteiger partial charge in [-0.05, 0) is 52.3 Å². The minimum atomic E-state index is -1.07. The molecule has 1 saturated heterocycles. The minimum Gasteiger partial charge on any atom is -0.317 e. The van der Waals surface area contributed by atoms with Gasteiger partial charge in [-0.2, -0.15) is 5.10 Å². The Labute approximate surface area is 102 Å². The molecule has 0 radical (unpaired) electrons. The number of hydrogen-bond acceptors (Lipinski definition) is 2. The first-order chi connectivity index (χ1) is 8.09. The molecule has 0 aromatic carbocycles. The summed E-state index contributed by atoms with van der Waals surface area (Å²) >= 11 is 0. The van der Waals surface area contributed by atoms with E-state index >= 15 is 0 Å². The Balaban J connectivity index is 2.02. The van der Waals surface area contributed by atoms with Gasteiger partial charge in [0.15, 0.2) is 0 Å². The maximum absolute atomic E-state index is 14.6. The summed E-state index contributed by atoms with van der Waals surface area (Å²) in [6.45, 7) is 5.88. The molecule has 2 rings (SSSR count). The van der Waals surface area contributed by atoms with E-state index in [0.29, 0.717) is 25.3 Å². The molecule has 0 saturated carbocycles. The van der Waals surface area contributed by atoms with Gasteiger partial charge in [0.25, 0.3) is 0 Å². The van der Waals surface area contributed by atoms with Gasteiger partial charge in [-0.15, -0.1) is 0 Å². The first-order valence-electron chi connectivity index (χ1n) is 6.53. The van der Waals surface area contributed by atoms with E-state index in [9.17, 15) is 4.39 Å². The Kier molecular flexibility index (Phi) is 3.82. The molecule has 1 aromatic rings. The van der Waals surface area contributed by atoms with Crippen molar-refractivity contribution >= 4 is 0 Å². The SMILES string of the molecule is CC(C)n1ccc(CC2(F)CCCNCC2)n1. The van der Waals surface area contributed by atoms with Crippen molar-refractivity contribution in [3.8, 4) is 0 Å². The van der Waals surface area contributed by atoms with Gasteiger partial charge in [0.2, 0.25) is 0 Å². The number of alkyl halides is 1. The van der Waals surface area contributed by atoms with Crippen LogP contribution in [-0.4, -0.2) is 28.5 Å². The van der Waals surface area contributed by atoms with E-state index in [2.05, 4.69) is 24.3 Å². The van der Waals surface area contributed by atoms with Crippen LogP contribution in [0.25, 0.3) is 0 Å². The van der Waals surface area contributed by atoms with Crippen molar-refractivity contribution < 1.29 is 4.39 Å². The molecule has 1 aliphatic heterocycles. The summed E-state index contributed by atoms with van der Waals surface area (Å²) in [4.78, 5) is 0. The third-order valence-corrected chi connectivity index (χ3v) is 3.42. The molecule has 1 N–H and O–H groups in total. The van der Waals surface area contributed by atoms with Crippen molar-refractivity contribution in [1.29, 1.82) is 0 Å². The summed E-state index contributed by atoms with van der Waals surface area (Å²) in [5.74, 6) is 0. The molecule has 17 heavy (non-hydrogen) atoms. The lowest BCUT2D eigenvalue weighted by atomic mass is 9.92. The average Bonchev–Trinajstić information content (AvgIpc) is 2.61. The van der Waals surface area contributed by atoms with Gasteiger partial charge in [-0.3, -0.25) is 4.68 Å². The smallest absolute Gasteiger partial charge is 0.117 e. The zero-order chi connectivity index (χ0) is 12.3. The summed E-state index contributed by atoms with van der Waals surface area (Å²) in [6.07, 6.45) is 4.56. The lowest BCUT2D eigenvalue weighted by Crippen LogP contribution is -2.27. The lowest BCUT2D eigenvalue weighted by Gasteiger charge is -2.22. The number of nitrogens with zero attached hydrogens (tertiary/aromatic N) is 2. The lowest BCUT2D eigenvalue weighted by molar-refractivity contribution is 0.143. The van der Waals surface area contributed by atoms with Crippen LogP contribution in [0.1, 0.15) is 44.8 Å². The fraction of sp³-hybridized carbons (Fsp3) is 0.769. The van der Waals surface area contributed by atoms with Crippen LogP contribution in [-0.2, 0) is 6.42 Å². The third kappa shape index (κ3) is 3.28. The molecular weight excluding hydrogens is 217 g/mol. The molecule has 4 heteroatoms. The molecule has 2 heterocycles. The monoisotopic (exact) mass is 239 g/mol. The van der Waals surface area contributed by atoms with Crippen LogP contribution in [0.15, 0.2) is 12.3 Å². The second kappa shape index (κ2) is 5.17. The van der Waals surface area contributed by atoms with Gasteiger partial charge in [-0.25, -0.2) is 4.39 Å². The number of hydrogen-bond donors (Lipinski definition) is 1. The molecule has 96 valence electrons. The van der Waals surface area contributed by atoms with Gasteiger partial charge in [0, 0.05) is 18.7 Å². The number of aromatic nitrogens is 2. The molecule has 1 aliphatic rings. The van der Waals surface area contributed by atoms with Crippen LogP contribution < -0.4 is 5.32 Å². The summed E-state index contributed by atoms with van der Waals surface area (Å²) in [5.41, 5.74) is -0.192. The topological polar surface area (TPSA) is 29.9 Å². The average molecular weight is 239 g/mol. The van der Waals surface area contributed by atoms with E-state index in [-0.39, 0.29) is 0 Å². The van der Waals surface area contributed by atoms with Crippen molar-refractivity contribution in [2.45, 2.75) is 51.2 Å². The first-order valence-corrected chi connectivity index (χ1v) is 6.53. The van der Waals surface area contributed by atoms with Crippen LogP contribution in [0.3, 0.4) is 0 Å². The van der Waals surface area contributed by atoms with E-state index < -0.39 is 5.67 Å². The van der Waals surface area contributed by atoms with Gasteiger partial charge < -0.3 is 5.32 Å². The summed E-state index contributed by atoms with van der Waals surface area (Å²) in [7, 11) is 0. The molecule has 3 nitrogen and oxygen atoms in total.